The first kappa shape index (κ1) is 30.1. The second kappa shape index (κ2) is 11.8. The maximum Gasteiger partial charge on any atom is 0.437 e. The first-order valence-corrected chi connectivity index (χ1v) is 10.5. The Hall–Kier alpha value is -2.89. The molecule has 0 saturated carbocycles. The lowest BCUT2D eigenvalue weighted by molar-refractivity contribution is -0.142. The van der Waals surface area contributed by atoms with Crippen molar-refractivity contribution >= 4 is 30.2 Å². The van der Waals surface area contributed by atoms with Crippen molar-refractivity contribution in [3.8, 4) is 0 Å². The first-order valence-electron chi connectivity index (χ1n) is 10.5. The number of aliphatic carboxylic acids is 1. The molecule has 12 heteroatoms. The van der Waals surface area contributed by atoms with Crippen LogP contribution in [-0.4, -0.2) is 69.6 Å². The Morgan fingerprint density at radius 1 is 0.909 bits per heavy atom. The van der Waals surface area contributed by atoms with Gasteiger partial charge in [-0.3, -0.25) is 5.32 Å². The standard InChI is InChI=1S/C21H38N4O8/c1-19(2,3)31-16(28)23-15(24-17(29)32-20(4,5)6)25(18(30)33-21(7,8)9)13(14(26)27)11-10-12-22/h13H,10-12,22H2,1-9H3,(H,26,27)(H,23,24,28,29)/t13-/m0/s1. The molecule has 0 unspecified atom stereocenters. The normalized spacial score (nSPS) is 13.6. The average Bonchev–Trinajstić information content (AvgIpc) is 2.52. The molecule has 0 aliphatic rings. The fourth-order valence-electron chi connectivity index (χ4n) is 2.25. The van der Waals surface area contributed by atoms with Crippen molar-refractivity contribution in [2.24, 2.45) is 10.7 Å². The molecule has 0 aliphatic carbocycles. The molecular weight excluding hydrogens is 436 g/mol. The highest BCUT2D eigenvalue weighted by molar-refractivity contribution is 6.06. The number of alkyl carbamates (subject to hydrolysis) is 1. The second-order valence-electron chi connectivity index (χ2n) is 10.2. The monoisotopic (exact) mass is 474 g/mol. The third kappa shape index (κ3) is 13.3. The minimum absolute atomic E-state index is 0.103. The molecule has 4 N–H and O–H groups in total. The van der Waals surface area contributed by atoms with Crippen molar-refractivity contribution in [3.05, 3.63) is 0 Å². The van der Waals surface area contributed by atoms with Crippen LogP contribution in [0.2, 0.25) is 0 Å². The Morgan fingerprint density at radius 2 is 1.39 bits per heavy atom. The highest BCUT2D eigenvalue weighted by atomic mass is 16.6. The summed E-state index contributed by atoms with van der Waals surface area (Å²) < 4.78 is 15.6. The maximum atomic E-state index is 13.0. The van der Waals surface area contributed by atoms with Gasteiger partial charge in [-0.15, -0.1) is 4.99 Å². The predicted molar refractivity (Wildman–Crippen MR) is 121 cm³/mol. The van der Waals surface area contributed by atoms with Crippen LogP contribution in [0.15, 0.2) is 4.99 Å². The summed E-state index contributed by atoms with van der Waals surface area (Å²) in [7, 11) is 0. The van der Waals surface area contributed by atoms with Crippen LogP contribution in [0.3, 0.4) is 0 Å². The molecule has 0 aromatic heterocycles. The number of carbonyl (C=O) groups excluding carboxylic acids is 3. The number of carboxylic acid groups (broad SMARTS) is 1. The van der Waals surface area contributed by atoms with E-state index in [1.807, 2.05) is 0 Å². The molecule has 12 nitrogen and oxygen atoms in total. The zero-order chi connectivity index (χ0) is 26.2. The summed E-state index contributed by atoms with van der Waals surface area (Å²) in [6.45, 7) is 14.4. The lowest BCUT2D eigenvalue weighted by Gasteiger charge is -2.32. The molecule has 0 saturated heterocycles. The van der Waals surface area contributed by atoms with E-state index in [4.69, 9.17) is 19.9 Å². The van der Waals surface area contributed by atoms with Crippen molar-refractivity contribution in [1.29, 1.82) is 0 Å². The quantitative estimate of drug-likeness (QED) is 0.307. The number of rotatable bonds is 5. The number of ether oxygens (including phenoxy) is 3. The molecule has 1 atom stereocenters. The largest absolute Gasteiger partial charge is 0.480 e. The van der Waals surface area contributed by atoms with Crippen LogP contribution in [0.1, 0.15) is 75.2 Å². The molecule has 0 aliphatic heterocycles. The summed E-state index contributed by atoms with van der Waals surface area (Å²) in [4.78, 5) is 54.2. The van der Waals surface area contributed by atoms with E-state index in [0.717, 1.165) is 0 Å². The van der Waals surface area contributed by atoms with Crippen molar-refractivity contribution < 1.29 is 38.5 Å². The van der Waals surface area contributed by atoms with E-state index in [9.17, 15) is 24.3 Å². The fraction of sp³-hybridized carbons (Fsp3) is 0.762. The Bertz CT molecular complexity index is 745. The third-order valence-electron chi connectivity index (χ3n) is 3.30. The summed E-state index contributed by atoms with van der Waals surface area (Å²) in [6.07, 6.45) is -3.26. The van der Waals surface area contributed by atoms with Crippen molar-refractivity contribution in [2.45, 2.75) is 98.0 Å². The minimum atomic E-state index is -1.56. The summed E-state index contributed by atoms with van der Waals surface area (Å²) in [5, 5.41) is 12.0. The van der Waals surface area contributed by atoms with E-state index in [0.29, 0.717) is 4.90 Å². The molecule has 0 rings (SSSR count). The number of hydrogen-bond donors (Lipinski definition) is 3. The Labute approximate surface area is 194 Å². The van der Waals surface area contributed by atoms with E-state index in [2.05, 4.69) is 10.3 Å². The van der Waals surface area contributed by atoms with Crippen molar-refractivity contribution in [3.63, 3.8) is 0 Å². The molecule has 0 aromatic rings. The van der Waals surface area contributed by atoms with Gasteiger partial charge < -0.3 is 25.1 Å². The lowest BCUT2D eigenvalue weighted by Crippen LogP contribution is -2.56. The van der Waals surface area contributed by atoms with Crippen LogP contribution in [0.5, 0.6) is 0 Å². The summed E-state index contributed by atoms with van der Waals surface area (Å²) >= 11 is 0. The summed E-state index contributed by atoms with van der Waals surface area (Å²) in [5.74, 6) is -2.13. The number of hydrogen-bond acceptors (Lipinski definition) is 8. The molecule has 33 heavy (non-hydrogen) atoms. The van der Waals surface area contributed by atoms with Gasteiger partial charge in [0.25, 0.3) is 0 Å². The molecule has 0 aromatic carbocycles. The number of nitrogens with two attached hydrogens (primary N) is 1. The van der Waals surface area contributed by atoms with Crippen LogP contribution in [-0.2, 0) is 19.0 Å². The number of nitrogens with one attached hydrogen (secondary N) is 1. The first-order chi connectivity index (χ1) is 14.8. The molecule has 0 radical (unpaired) electrons. The SMILES string of the molecule is CC(C)(C)OC(=O)/N=C(/NC(=O)OC(C)(C)C)N(C(=O)OC(C)(C)C)[C@@H](CCCN)C(=O)O. The zero-order valence-electron chi connectivity index (χ0n) is 21.0. The summed E-state index contributed by atoms with van der Waals surface area (Å²) in [6, 6.07) is -1.56. The lowest BCUT2D eigenvalue weighted by atomic mass is 10.1. The Kier molecular flexibility index (Phi) is 10.8. The van der Waals surface area contributed by atoms with Gasteiger partial charge in [0.2, 0.25) is 5.96 Å². The number of amides is 3. The molecule has 0 bridgehead atoms. The van der Waals surface area contributed by atoms with Gasteiger partial charge in [0.15, 0.2) is 0 Å². The topological polar surface area (TPSA) is 170 Å². The molecule has 0 heterocycles. The predicted octanol–water partition coefficient (Wildman–Crippen LogP) is 3.23. The number of carboxylic acids is 1. The summed E-state index contributed by atoms with van der Waals surface area (Å²) in [5.41, 5.74) is 2.62. The van der Waals surface area contributed by atoms with Crippen LogP contribution >= 0.6 is 0 Å². The van der Waals surface area contributed by atoms with Crippen LogP contribution in [0.25, 0.3) is 0 Å². The number of guanidine groups is 1. The van der Waals surface area contributed by atoms with Crippen LogP contribution < -0.4 is 11.1 Å². The Morgan fingerprint density at radius 3 is 1.79 bits per heavy atom. The van der Waals surface area contributed by atoms with E-state index in [1.54, 1.807) is 62.3 Å². The number of aliphatic imine (C=N–C) groups is 1. The van der Waals surface area contributed by atoms with Crippen molar-refractivity contribution in [2.75, 3.05) is 6.54 Å². The zero-order valence-corrected chi connectivity index (χ0v) is 21.0. The molecule has 3 amide bonds. The van der Waals surface area contributed by atoms with Gasteiger partial charge in [0, 0.05) is 0 Å². The second-order valence-corrected chi connectivity index (χ2v) is 10.2. The molecule has 190 valence electrons. The fourth-order valence-corrected chi connectivity index (χ4v) is 2.25. The molecule has 0 fully saturated rings. The van der Waals surface area contributed by atoms with E-state index in [1.165, 1.54) is 0 Å². The van der Waals surface area contributed by atoms with Crippen LogP contribution in [0.4, 0.5) is 14.4 Å². The van der Waals surface area contributed by atoms with Crippen molar-refractivity contribution in [1.82, 2.24) is 10.2 Å². The smallest absolute Gasteiger partial charge is 0.437 e. The molecule has 0 spiro atoms. The number of carbonyl (C=O) groups is 4. The van der Waals surface area contributed by atoms with Gasteiger partial charge >= 0.3 is 24.2 Å². The van der Waals surface area contributed by atoms with Gasteiger partial charge in [0.1, 0.15) is 22.8 Å². The third-order valence-corrected chi connectivity index (χ3v) is 3.30. The minimum Gasteiger partial charge on any atom is -0.480 e. The van der Waals surface area contributed by atoms with E-state index in [-0.39, 0.29) is 19.4 Å². The van der Waals surface area contributed by atoms with Gasteiger partial charge in [-0.2, -0.15) is 0 Å². The van der Waals surface area contributed by atoms with Gasteiger partial charge in [-0.05, 0) is 81.7 Å². The van der Waals surface area contributed by atoms with Gasteiger partial charge in [0.05, 0.1) is 0 Å². The number of nitrogens with zero attached hydrogens (tertiary/aromatic N) is 2. The maximum absolute atomic E-state index is 13.0. The van der Waals surface area contributed by atoms with E-state index < -0.39 is 53.1 Å². The van der Waals surface area contributed by atoms with Gasteiger partial charge in [-0.25, -0.2) is 24.1 Å². The highest BCUT2D eigenvalue weighted by Crippen LogP contribution is 2.17. The van der Waals surface area contributed by atoms with Crippen LogP contribution in [0, 0.1) is 0 Å². The average molecular weight is 475 g/mol. The molecular formula is C21H38N4O8. The van der Waals surface area contributed by atoms with E-state index >= 15 is 0 Å². The highest BCUT2D eigenvalue weighted by Gasteiger charge is 2.38. The van der Waals surface area contributed by atoms with Gasteiger partial charge in [-0.1, -0.05) is 0 Å². The Balaban J connectivity index is 6.55.